The Morgan fingerprint density at radius 2 is 1.75 bits per heavy atom. The standard InChI is InChI=1S/C29H39ClFN5O4/c1-17-23(30)12-22-25(24(17)31)32-27(39-11-5-10-35-20-8-9-21(35)16-38-15-20)33-26(22)34-13-18-6-7-19(14-34)36(18)28(37)40-29(2,3)4/h12,18-21H,5-11,13-16H2,1-4H3. The number of amides is 1. The van der Waals surface area contributed by atoms with Gasteiger partial charge in [0.05, 0.1) is 31.9 Å². The fourth-order valence-corrected chi connectivity index (χ4v) is 6.93. The molecule has 0 N–H and O–H groups in total. The molecular weight excluding hydrogens is 537 g/mol. The van der Waals surface area contributed by atoms with Crippen LogP contribution in [0.3, 0.4) is 0 Å². The van der Waals surface area contributed by atoms with Crippen molar-refractivity contribution in [3.8, 4) is 6.01 Å². The molecule has 4 bridgehead atoms. The van der Waals surface area contributed by atoms with Gasteiger partial charge >= 0.3 is 12.1 Å². The van der Waals surface area contributed by atoms with Crippen molar-refractivity contribution in [2.24, 2.45) is 0 Å². The minimum absolute atomic E-state index is 0.0161. The van der Waals surface area contributed by atoms with Gasteiger partial charge in [-0.2, -0.15) is 9.97 Å². The highest BCUT2D eigenvalue weighted by Gasteiger charge is 2.45. The van der Waals surface area contributed by atoms with Crippen molar-refractivity contribution in [1.29, 1.82) is 0 Å². The van der Waals surface area contributed by atoms with E-state index in [0.29, 0.717) is 53.6 Å². The molecule has 0 aliphatic carbocycles. The number of carbonyl (C=O) groups excluding carboxylic acids is 1. The molecule has 218 valence electrons. The highest BCUT2D eigenvalue weighted by Crippen LogP contribution is 2.38. The summed E-state index contributed by atoms with van der Waals surface area (Å²) in [7, 11) is 0. The van der Waals surface area contributed by atoms with Crippen molar-refractivity contribution in [2.45, 2.75) is 89.6 Å². The number of rotatable bonds is 6. The number of fused-ring (bicyclic) bond motifs is 5. The third-order valence-corrected chi connectivity index (χ3v) is 9.03. The lowest BCUT2D eigenvalue weighted by atomic mass is 10.1. The van der Waals surface area contributed by atoms with Gasteiger partial charge in [0.1, 0.15) is 16.9 Å². The number of anilines is 1. The van der Waals surface area contributed by atoms with Crippen LogP contribution >= 0.6 is 11.6 Å². The van der Waals surface area contributed by atoms with E-state index in [2.05, 4.69) is 14.8 Å². The van der Waals surface area contributed by atoms with Crippen LogP contribution in [0.15, 0.2) is 6.07 Å². The Kier molecular flexibility index (Phi) is 7.46. The van der Waals surface area contributed by atoms with Gasteiger partial charge in [-0.05, 0) is 65.9 Å². The molecule has 0 radical (unpaired) electrons. The zero-order valence-electron chi connectivity index (χ0n) is 23.8. The summed E-state index contributed by atoms with van der Waals surface area (Å²) >= 11 is 6.42. The maximum atomic E-state index is 15.5. The topological polar surface area (TPSA) is 80.3 Å². The number of ether oxygens (including phenoxy) is 3. The molecule has 4 unspecified atom stereocenters. The zero-order chi connectivity index (χ0) is 28.2. The molecule has 6 rings (SSSR count). The van der Waals surface area contributed by atoms with E-state index in [1.54, 1.807) is 13.0 Å². The molecule has 4 aliphatic heterocycles. The van der Waals surface area contributed by atoms with Gasteiger partial charge in [0.25, 0.3) is 0 Å². The molecule has 4 aliphatic rings. The molecular formula is C29H39ClFN5O4. The quantitative estimate of drug-likeness (QED) is 0.448. The van der Waals surface area contributed by atoms with Crippen LogP contribution in [-0.2, 0) is 9.47 Å². The Morgan fingerprint density at radius 3 is 2.40 bits per heavy atom. The maximum absolute atomic E-state index is 15.5. The normalized spacial score (nSPS) is 26.6. The number of benzene rings is 1. The van der Waals surface area contributed by atoms with Gasteiger partial charge in [-0.15, -0.1) is 0 Å². The van der Waals surface area contributed by atoms with Crippen molar-refractivity contribution < 1.29 is 23.4 Å². The largest absolute Gasteiger partial charge is 0.463 e. The van der Waals surface area contributed by atoms with Crippen molar-refractivity contribution in [3.05, 3.63) is 22.5 Å². The van der Waals surface area contributed by atoms with Crippen molar-refractivity contribution in [1.82, 2.24) is 19.8 Å². The SMILES string of the molecule is Cc1c(Cl)cc2c(N3CC4CCC(C3)N4C(=O)OC(C)(C)C)nc(OCCCN3C4CCC3COC4)nc2c1F. The number of piperazine rings is 1. The van der Waals surface area contributed by atoms with Crippen LogP contribution in [0.4, 0.5) is 15.0 Å². The van der Waals surface area contributed by atoms with E-state index in [-0.39, 0.29) is 29.7 Å². The van der Waals surface area contributed by atoms with E-state index < -0.39 is 11.4 Å². The fraction of sp³-hybridized carbons (Fsp3) is 0.690. The number of carbonyl (C=O) groups is 1. The minimum Gasteiger partial charge on any atom is -0.463 e. The predicted octanol–water partition coefficient (Wildman–Crippen LogP) is 4.95. The first-order valence-electron chi connectivity index (χ1n) is 14.5. The first-order valence-corrected chi connectivity index (χ1v) is 14.9. The summed E-state index contributed by atoms with van der Waals surface area (Å²) in [5.74, 6) is 0.129. The summed E-state index contributed by atoms with van der Waals surface area (Å²) in [4.78, 5) is 28.8. The molecule has 2 aromatic rings. The Hall–Kier alpha value is -2.43. The molecule has 1 aromatic heterocycles. The van der Waals surface area contributed by atoms with Gasteiger partial charge in [0, 0.05) is 47.7 Å². The molecule has 0 spiro atoms. The molecule has 11 heteroatoms. The summed E-state index contributed by atoms with van der Waals surface area (Å²) in [5, 5.41) is 0.884. The number of nitrogens with zero attached hydrogens (tertiary/aromatic N) is 5. The Bertz CT molecular complexity index is 1260. The van der Waals surface area contributed by atoms with Crippen molar-refractivity contribution in [2.75, 3.05) is 44.4 Å². The highest BCUT2D eigenvalue weighted by molar-refractivity contribution is 6.32. The number of halogens is 2. The average Bonchev–Trinajstić information content (AvgIpc) is 3.29. The van der Waals surface area contributed by atoms with E-state index in [9.17, 15) is 4.79 Å². The molecule has 1 amide bonds. The zero-order valence-corrected chi connectivity index (χ0v) is 24.5. The molecule has 40 heavy (non-hydrogen) atoms. The van der Waals surface area contributed by atoms with Crippen LogP contribution in [0.25, 0.3) is 10.9 Å². The van der Waals surface area contributed by atoms with Gasteiger partial charge < -0.3 is 19.1 Å². The summed E-state index contributed by atoms with van der Waals surface area (Å²) in [6.45, 7) is 11.4. The van der Waals surface area contributed by atoms with E-state index in [1.165, 1.54) is 12.8 Å². The summed E-state index contributed by atoms with van der Waals surface area (Å²) < 4.78 is 32.9. The van der Waals surface area contributed by atoms with E-state index in [4.69, 9.17) is 30.8 Å². The van der Waals surface area contributed by atoms with E-state index >= 15 is 4.39 Å². The third-order valence-electron chi connectivity index (χ3n) is 8.64. The second-order valence-electron chi connectivity index (χ2n) is 12.6. The summed E-state index contributed by atoms with van der Waals surface area (Å²) in [6, 6.07) is 2.87. The van der Waals surface area contributed by atoms with E-state index in [1.807, 2.05) is 25.7 Å². The fourth-order valence-electron chi connectivity index (χ4n) is 6.74. The van der Waals surface area contributed by atoms with Crippen LogP contribution in [0.2, 0.25) is 5.02 Å². The van der Waals surface area contributed by atoms with Crippen LogP contribution in [0.1, 0.15) is 58.4 Å². The second kappa shape index (κ2) is 10.8. The molecule has 4 atom stereocenters. The van der Waals surface area contributed by atoms with Gasteiger partial charge in [-0.1, -0.05) is 11.6 Å². The van der Waals surface area contributed by atoms with Gasteiger partial charge in [0.2, 0.25) is 0 Å². The van der Waals surface area contributed by atoms with E-state index in [0.717, 1.165) is 39.0 Å². The van der Waals surface area contributed by atoms with Crippen molar-refractivity contribution >= 4 is 34.4 Å². The number of morpholine rings is 1. The van der Waals surface area contributed by atoms with Gasteiger partial charge in [0.15, 0.2) is 5.82 Å². The third kappa shape index (κ3) is 5.30. The monoisotopic (exact) mass is 575 g/mol. The Balaban J connectivity index is 1.22. The lowest BCUT2D eigenvalue weighted by molar-refractivity contribution is -0.0161. The van der Waals surface area contributed by atoms with Crippen LogP contribution < -0.4 is 9.64 Å². The smallest absolute Gasteiger partial charge is 0.410 e. The predicted molar refractivity (Wildman–Crippen MR) is 151 cm³/mol. The first-order chi connectivity index (χ1) is 19.1. The molecule has 5 heterocycles. The lowest BCUT2D eigenvalue weighted by Gasteiger charge is -2.42. The minimum atomic E-state index is -0.559. The first kappa shape index (κ1) is 27.7. The molecule has 0 saturated carbocycles. The molecule has 4 fully saturated rings. The van der Waals surface area contributed by atoms with Gasteiger partial charge in [-0.3, -0.25) is 9.80 Å². The average molecular weight is 576 g/mol. The van der Waals surface area contributed by atoms with Gasteiger partial charge in [-0.25, -0.2) is 9.18 Å². The molecule has 4 saturated heterocycles. The van der Waals surface area contributed by atoms with Crippen LogP contribution in [0.5, 0.6) is 6.01 Å². The molecule has 9 nitrogen and oxygen atoms in total. The van der Waals surface area contributed by atoms with Crippen LogP contribution in [0, 0.1) is 12.7 Å². The summed E-state index contributed by atoms with van der Waals surface area (Å²) in [5.41, 5.74) is -0.00613. The number of aromatic nitrogens is 2. The maximum Gasteiger partial charge on any atom is 0.410 e. The number of hydrogen-bond acceptors (Lipinski definition) is 8. The molecule has 1 aromatic carbocycles. The highest BCUT2D eigenvalue weighted by atomic mass is 35.5. The summed E-state index contributed by atoms with van der Waals surface area (Å²) in [6.07, 6.45) is 4.68. The Labute approximate surface area is 239 Å². The lowest BCUT2D eigenvalue weighted by Crippen LogP contribution is -2.57. The Morgan fingerprint density at radius 1 is 1.10 bits per heavy atom. The second-order valence-corrected chi connectivity index (χ2v) is 13.0. The van der Waals surface area contributed by atoms with Crippen molar-refractivity contribution in [3.63, 3.8) is 0 Å². The number of hydrogen-bond donors (Lipinski definition) is 0. The van der Waals surface area contributed by atoms with Crippen LogP contribution in [-0.4, -0.2) is 95.1 Å².